The first kappa shape index (κ1) is 26.4. The number of nitrogens with one attached hydrogen (secondary N) is 1. The summed E-state index contributed by atoms with van der Waals surface area (Å²) in [5.41, 5.74) is -0.572. The van der Waals surface area contributed by atoms with Crippen LogP contribution >= 0.6 is 7.26 Å². The van der Waals surface area contributed by atoms with Crippen LogP contribution in [0.2, 0.25) is 0 Å². The summed E-state index contributed by atoms with van der Waals surface area (Å²) >= 11 is 0. The second kappa shape index (κ2) is 12.5. The van der Waals surface area contributed by atoms with E-state index in [0.717, 1.165) is 12.6 Å². The van der Waals surface area contributed by atoms with E-state index in [4.69, 9.17) is 9.47 Å². The van der Waals surface area contributed by atoms with Gasteiger partial charge in [-0.2, -0.15) is 0 Å². The normalized spacial score (nSPS) is 12.0. The van der Waals surface area contributed by atoms with Crippen molar-refractivity contribution in [2.45, 2.75) is 39.2 Å². The van der Waals surface area contributed by atoms with E-state index in [2.05, 4.69) is 78.1 Å². The molecule has 1 N–H and O–H groups in total. The van der Waals surface area contributed by atoms with E-state index in [-0.39, 0.29) is 18.9 Å². The molecule has 35 heavy (non-hydrogen) atoms. The Labute approximate surface area is 209 Å². The van der Waals surface area contributed by atoms with E-state index < -0.39 is 19.0 Å². The predicted octanol–water partition coefficient (Wildman–Crippen LogP) is 4.56. The molecule has 1 amide bonds. The molecule has 186 valence electrons. The van der Waals surface area contributed by atoms with Crippen molar-refractivity contribution in [1.82, 2.24) is 5.32 Å². The molecule has 0 heterocycles. The Morgan fingerprint density at radius 1 is 0.771 bits per heavy atom. The number of carbonyl (C=O) groups excluding carboxylic acids is 2. The number of ether oxygens (including phenoxy) is 2. The Balaban J connectivity index is 1.67. The first-order valence-electron chi connectivity index (χ1n) is 12.1. The number of alkyl carbamates (subject to hydrolysis) is 1. The Morgan fingerprint density at radius 3 is 1.66 bits per heavy atom. The van der Waals surface area contributed by atoms with Crippen molar-refractivity contribution in [3.05, 3.63) is 91.0 Å². The van der Waals surface area contributed by atoms with Gasteiger partial charge in [0.05, 0.1) is 0 Å². The summed E-state index contributed by atoms with van der Waals surface area (Å²) in [6.07, 6.45) is 1.23. The van der Waals surface area contributed by atoms with E-state index in [1.54, 1.807) is 20.8 Å². The van der Waals surface area contributed by atoms with Crippen LogP contribution in [0, 0.1) is 0 Å². The molecule has 0 aromatic heterocycles. The fraction of sp³-hybridized carbons (Fsp3) is 0.310. The molecule has 0 fully saturated rings. The molecule has 0 spiro atoms. The fourth-order valence-electron chi connectivity index (χ4n) is 4.28. The summed E-state index contributed by atoms with van der Waals surface area (Å²) in [7, 11) is -2.32. The summed E-state index contributed by atoms with van der Waals surface area (Å²) in [5.74, 6) is -0.326. The molecule has 0 unspecified atom stereocenters. The molecule has 0 aliphatic carbocycles. The third kappa shape index (κ3) is 7.66. The summed E-state index contributed by atoms with van der Waals surface area (Å²) in [6.45, 7) is 5.91. The van der Waals surface area contributed by atoms with Gasteiger partial charge >= 0.3 is 209 Å². The Morgan fingerprint density at radius 2 is 1.23 bits per heavy atom. The van der Waals surface area contributed by atoms with Gasteiger partial charge in [-0.05, 0) is 0 Å². The third-order valence-electron chi connectivity index (χ3n) is 5.76. The topological polar surface area (TPSA) is 64.6 Å². The van der Waals surface area contributed by atoms with Gasteiger partial charge < -0.3 is 0 Å². The van der Waals surface area contributed by atoms with Crippen LogP contribution in [0.15, 0.2) is 91.0 Å². The van der Waals surface area contributed by atoms with Crippen LogP contribution < -0.4 is 21.2 Å². The molecule has 0 saturated heterocycles. The molecule has 0 aliphatic heterocycles. The minimum absolute atomic E-state index is 0.109. The van der Waals surface area contributed by atoms with E-state index in [1.165, 1.54) is 15.9 Å². The maximum atomic E-state index is 12.2. The van der Waals surface area contributed by atoms with Gasteiger partial charge in [0.15, 0.2) is 0 Å². The summed E-state index contributed by atoms with van der Waals surface area (Å²) in [4.78, 5) is 24.0. The SMILES string of the molecule is CC(C)(C)OC(=O)NCCC(=O)OCCC[PH](c1ccccc1)(c1ccccc1)c1ccccc1. The van der Waals surface area contributed by atoms with Crippen molar-refractivity contribution in [1.29, 1.82) is 0 Å². The predicted molar refractivity (Wildman–Crippen MR) is 146 cm³/mol. The van der Waals surface area contributed by atoms with Crippen LogP contribution in [-0.2, 0) is 14.3 Å². The monoisotopic (exact) mass is 493 g/mol. The second-order valence-corrected chi connectivity index (χ2v) is 13.5. The molecule has 0 atom stereocenters. The standard InChI is InChI=1S/C29H36NO4P/c1-29(2,3)34-28(32)30-21-20-27(31)33-22-13-23-35(24-14-7-4-8-15-24,25-16-9-5-10-17-25)26-18-11-6-12-19-26/h4-12,14-19,35H,13,20-23H2,1-3H3,(H,30,32). The molecule has 0 radical (unpaired) electrons. The van der Waals surface area contributed by atoms with Crippen molar-refractivity contribution in [2.75, 3.05) is 19.3 Å². The number of hydrogen-bond donors (Lipinski definition) is 1. The molecule has 5 nitrogen and oxygen atoms in total. The zero-order valence-electron chi connectivity index (χ0n) is 20.8. The molecule has 3 aromatic rings. The third-order valence-corrected chi connectivity index (χ3v) is 10.8. The summed E-state index contributed by atoms with van der Waals surface area (Å²) in [6, 6.07) is 32.1. The van der Waals surface area contributed by atoms with Crippen molar-refractivity contribution >= 4 is 35.2 Å². The van der Waals surface area contributed by atoms with E-state index in [9.17, 15) is 9.59 Å². The molecule has 0 saturated carbocycles. The first-order valence-corrected chi connectivity index (χ1v) is 14.3. The average Bonchev–Trinajstić information content (AvgIpc) is 2.85. The number of amides is 1. The average molecular weight is 494 g/mol. The second-order valence-electron chi connectivity index (χ2n) is 9.51. The van der Waals surface area contributed by atoms with Crippen LogP contribution in [0.3, 0.4) is 0 Å². The first-order chi connectivity index (χ1) is 16.8. The van der Waals surface area contributed by atoms with Crippen LogP contribution in [-0.4, -0.2) is 37.0 Å². The van der Waals surface area contributed by atoms with Crippen LogP contribution in [0.4, 0.5) is 4.79 Å². The van der Waals surface area contributed by atoms with Crippen LogP contribution in [0.1, 0.15) is 33.6 Å². The quantitative estimate of drug-likeness (QED) is 0.256. The van der Waals surface area contributed by atoms with Crippen molar-refractivity contribution in [3.8, 4) is 0 Å². The van der Waals surface area contributed by atoms with Gasteiger partial charge in [0.1, 0.15) is 0 Å². The van der Waals surface area contributed by atoms with Gasteiger partial charge in [0.2, 0.25) is 0 Å². The summed E-state index contributed by atoms with van der Waals surface area (Å²) in [5, 5.41) is 6.61. The van der Waals surface area contributed by atoms with Crippen LogP contribution in [0.5, 0.6) is 0 Å². The zero-order valence-corrected chi connectivity index (χ0v) is 21.8. The van der Waals surface area contributed by atoms with Gasteiger partial charge in [-0.3, -0.25) is 0 Å². The Hall–Kier alpha value is -3.17. The van der Waals surface area contributed by atoms with E-state index in [1.807, 2.05) is 18.2 Å². The van der Waals surface area contributed by atoms with Gasteiger partial charge in [0.25, 0.3) is 0 Å². The molecule has 3 aromatic carbocycles. The molecular weight excluding hydrogens is 457 g/mol. The van der Waals surface area contributed by atoms with Gasteiger partial charge in [-0.25, -0.2) is 0 Å². The number of carbonyl (C=O) groups is 2. The number of hydrogen-bond acceptors (Lipinski definition) is 4. The zero-order chi connectivity index (χ0) is 25.2. The van der Waals surface area contributed by atoms with Gasteiger partial charge in [0, 0.05) is 0 Å². The van der Waals surface area contributed by atoms with Crippen molar-refractivity contribution in [2.24, 2.45) is 0 Å². The molecule has 0 bridgehead atoms. The number of esters is 1. The Bertz CT molecular complexity index is 969. The fourth-order valence-corrected chi connectivity index (χ4v) is 9.10. The minimum atomic E-state index is -2.32. The molecular formula is C29H36NO4P. The van der Waals surface area contributed by atoms with Crippen molar-refractivity contribution in [3.63, 3.8) is 0 Å². The van der Waals surface area contributed by atoms with Gasteiger partial charge in [-0.1, -0.05) is 0 Å². The van der Waals surface area contributed by atoms with Crippen molar-refractivity contribution < 1.29 is 19.1 Å². The molecule has 3 rings (SSSR count). The van der Waals surface area contributed by atoms with Crippen LogP contribution in [0.25, 0.3) is 0 Å². The maximum absolute atomic E-state index is 12.2. The summed E-state index contributed by atoms with van der Waals surface area (Å²) < 4.78 is 10.7. The van der Waals surface area contributed by atoms with E-state index in [0.29, 0.717) is 6.61 Å². The molecule has 6 heteroatoms. The van der Waals surface area contributed by atoms with Gasteiger partial charge in [-0.15, -0.1) is 0 Å². The Kier molecular flexibility index (Phi) is 9.45. The number of rotatable bonds is 10. The van der Waals surface area contributed by atoms with E-state index >= 15 is 0 Å². The number of benzene rings is 3. The molecule has 0 aliphatic rings.